The molecule has 1 unspecified atom stereocenters. The van der Waals surface area contributed by atoms with Crippen molar-refractivity contribution < 1.29 is 4.79 Å². The van der Waals surface area contributed by atoms with Gasteiger partial charge in [-0.1, -0.05) is 13.8 Å². The van der Waals surface area contributed by atoms with Crippen LogP contribution in [0.2, 0.25) is 0 Å². The average Bonchev–Trinajstić information content (AvgIpc) is 2.95. The lowest BCUT2D eigenvalue weighted by Gasteiger charge is -2.11. The lowest BCUT2D eigenvalue weighted by molar-refractivity contribution is 0.0953. The van der Waals surface area contributed by atoms with Gasteiger partial charge < -0.3 is 10.6 Å². The van der Waals surface area contributed by atoms with E-state index in [1.54, 1.807) is 0 Å². The first-order valence-electron chi connectivity index (χ1n) is 7.04. The Morgan fingerprint density at radius 3 is 2.76 bits per heavy atom. The summed E-state index contributed by atoms with van der Waals surface area (Å²) in [7, 11) is 0. The summed E-state index contributed by atoms with van der Waals surface area (Å²) < 4.78 is 0. The van der Waals surface area contributed by atoms with Crippen molar-refractivity contribution in [2.45, 2.75) is 46.1 Å². The number of aryl methyl sites for hydroxylation is 1. The summed E-state index contributed by atoms with van der Waals surface area (Å²) in [5.41, 5.74) is 0.953. The third kappa shape index (κ3) is 6.10. The van der Waals surface area contributed by atoms with Crippen LogP contribution in [0.5, 0.6) is 0 Å². The van der Waals surface area contributed by atoms with Gasteiger partial charge in [-0.2, -0.15) is 0 Å². The van der Waals surface area contributed by atoms with Crippen molar-refractivity contribution in [1.82, 2.24) is 15.6 Å². The Morgan fingerprint density at radius 1 is 1.48 bits per heavy atom. The number of nitrogens with zero attached hydrogens (tertiary/aromatic N) is 1. The topological polar surface area (TPSA) is 54.0 Å². The van der Waals surface area contributed by atoms with Crippen molar-refractivity contribution in [2.75, 3.05) is 13.1 Å². The lowest BCUT2D eigenvalue weighted by Crippen LogP contribution is -2.37. The van der Waals surface area contributed by atoms with E-state index in [2.05, 4.69) is 29.5 Å². The molecule has 2 heterocycles. The number of amides is 1. The van der Waals surface area contributed by atoms with Crippen molar-refractivity contribution in [3.8, 4) is 0 Å². The van der Waals surface area contributed by atoms with Gasteiger partial charge in [-0.15, -0.1) is 36.2 Å². The van der Waals surface area contributed by atoms with Crippen LogP contribution in [0.25, 0.3) is 0 Å². The number of carbonyl (C=O) groups is 1. The smallest absolute Gasteiger partial charge is 0.263 e. The van der Waals surface area contributed by atoms with E-state index in [4.69, 9.17) is 0 Å². The normalized spacial score (nSPS) is 17.2. The molecule has 1 aromatic heterocycles. The second kappa shape index (κ2) is 9.62. The monoisotopic (exact) mass is 353 g/mol. The molecular weight excluding hydrogens is 329 g/mol. The maximum atomic E-state index is 12.2. The number of hydrogen-bond acceptors (Lipinski definition) is 4. The highest BCUT2D eigenvalue weighted by Gasteiger charge is 2.19. The van der Waals surface area contributed by atoms with Crippen LogP contribution in [-0.4, -0.2) is 30.0 Å². The SMILES string of the molecule is Cc1nc(CC(C)C)c(C(=O)NCC2CCCN2)s1.Cl.Cl. The first-order chi connectivity index (χ1) is 9.06. The predicted octanol–water partition coefficient (Wildman–Crippen LogP) is 2.98. The second-order valence-corrected chi connectivity index (χ2v) is 6.81. The van der Waals surface area contributed by atoms with Crippen molar-refractivity contribution in [3.63, 3.8) is 0 Å². The number of hydrogen-bond donors (Lipinski definition) is 2. The molecule has 0 spiro atoms. The molecule has 0 radical (unpaired) electrons. The van der Waals surface area contributed by atoms with Crippen LogP contribution in [-0.2, 0) is 6.42 Å². The number of rotatable bonds is 5. The molecule has 0 saturated carbocycles. The molecule has 1 aliphatic rings. The summed E-state index contributed by atoms with van der Waals surface area (Å²) in [6.07, 6.45) is 3.23. The van der Waals surface area contributed by atoms with E-state index in [1.165, 1.54) is 17.8 Å². The largest absolute Gasteiger partial charge is 0.350 e. The minimum atomic E-state index is 0. The summed E-state index contributed by atoms with van der Waals surface area (Å²) in [5, 5.41) is 7.40. The first-order valence-corrected chi connectivity index (χ1v) is 7.85. The number of halogens is 2. The van der Waals surface area contributed by atoms with Crippen LogP contribution in [0.3, 0.4) is 0 Å². The quantitative estimate of drug-likeness (QED) is 0.855. The fraction of sp³-hybridized carbons (Fsp3) is 0.714. The standard InChI is InChI=1S/C14H23N3OS.2ClH/c1-9(2)7-12-13(19-10(3)17-12)14(18)16-8-11-5-4-6-15-11;;/h9,11,15H,4-8H2,1-3H3,(H,16,18);2*1H. The van der Waals surface area contributed by atoms with E-state index < -0.39 is 0 Å². The zero-order valence-electron chi connectivity index (χ0n) is 12.8. The third-order valence-electron chi connectivity index (χ3n) is 3.28. The van der Waals surface area contributed by atoms with E-state index in [1.807, 2.05) is 6.92 Å². The molecule has 2 N–H and O–H groups in total. The van der Waals surface area contributed by atoms with E-state index in [0.29, 0.717) is 12.0 Å². The van der Waals surface area contributed by atoms with Crippen LogP contribution >= 0.6 is 36.2 Å². The van der Waals surface area contributed by atoms with Gasteiger partial charge in [0.25, 0.3) is 5.91 Å². The Kier molecular flexibility index (Phi) is 9.45. The van der Waals surface area contributed by atoms with Crippen LogP contribution in [0, 0.1) is 12.8 Å². The molecule has 7 heteroatoms. The average molecular weight is 354 g/mol. The predicted molar refractivity (Wildman–Crippen MR) is 93.2 cm³/mol. The van der Waals surface area contributed by atoms with Crippen LogP contribution in [0.4, 0.5) is 0 Å². The van der Waals surface area contributed by atoms with Crippen LogP contribution in [0.15, 0.2) is 0 Å². The van der Waals surface area contributed by atoms with Gasteiger partial charge in [0.05, 0.1) is 10.7 Å². The molecule has 0 aromatic carbocycles. The van der Waals surface area contributed by atoms with Gasteiger partial charge in [0.15, 0.2) is 0 Å². The summed E-state index contributed by atoms with van der Waals surface area (Å²) in [6.45, 7) is 8.05. The van der Waals surface area contributed by atoms with Crippen molar-refractivity contribution in [1.29, 1.82) is 0 Å². The van der Waals surface area contributed by atoms with Crippen LogP contribution < -0.4 is 10.6 Å². The molecule has 1 aromatic rings. The Hall–Kier alpha value is -0.360. The zero-order valence-corrected chi connectivity index (χ0v) is 15.2. The summed E-state index contributed by atoms with van der Waals surface area (Å²) >= 11 is 1.50. The molecule has 1 aliphatic heterocycles. The number of nitrogens with one attached hydrogen (secondary N) is 2. The molecule has 2 rings (SSSR count). The highest BCUT2D eigenvalue weighted by Crippen LogP contribution is 2.20. The summed E-state index contributed by atoms with van der Waals surface area (Å²) in [6, 6.07) is 0.437. The van der Waals surface area contributed by atoms with Crippen molar-refractivity contribution >= 4 is 42.1 Å². The number of carbonyl (C=O) groups excluding carboxylic acids is 1. The van der Waals surface area contributed by atoms with E-state index in [9.17, 15) is 4.79 Å². The Balaban J connectivity index is 0.00000200. The fourth-order valence-electron chi connectivity index (χ4n) is 2.40. The highest BCUT2D eigenvalue weighted by molar-refractivity contribution is 7.13. The van der Waals surface area contributed by atoms with Gasteiger partial charge in [0.1, 0.15) is 4.88 Å². The molecule has 1 fully saturated rings. The zero-order chi connectivity index (χ0) is 13.8. The van der Waals surface area contributed by atoms with Gasteiger partial charge in [-0.05, 0) is 38.6 Å². The molecule has 21 heavy (non-hydrogen) atoms. The van der Waals surface area contributed by atoms with Gasteiger partial charge in [0, 0.05) is 12.6 Å². The van der Waals surface area contributed by atoms with Crippen molar-refractivity contribution in [2.24, 2.45) is 5.92 Å². The Bertz CT molecular complexity index is 445. The maximum Gasteiger partial charge on any atom is 0.263 e. The Morgan fingerprint density at radius 2 is 2.19 bits per heavy atom. The molecule has 1 atom stereocenters. The van der Waals surface area contributed by atoms with Gasteiger partial charge >= 0.3 is 0 Å². The van der Waals surface area contributed by atoms with E-state index in [0.717, 1.165) is 41.5 Å². The molecule has 4 nitrogen and oxygen atoms in total. The molecule has 1 saturated heterocycles. The molecule has 0 bridgehead atoms. The Labute approximate surface area is 143 Å². The number of thiazole rings is 1. The van der Waals surface area contributed by atoms with E-state index in [-0.39, 0.29) is 30.7 Å². The second-order valence-electron chi connectivity index (χ2n) is 5.61. The molecule has 122 valence electrons. The van der Waals surface area contributed by atoms with Gasteiger partial charge in [-0.25, -0.2) is 4.98 Å². The van der Waals surface area contributed by atoms with Crippen molar-refractivity contribution in [3.05, 3.63) is 15.6 Å². The molecule has 1 amide bonds. The molecule has 0 aliphatic carbocycles. The van der Waals surface area contributed by atoms with E-state index >= 15 is 0 Å². The molecular formula is C14H25Cl2N3OS. The van der Waals surface area contributed by atoms with Gasteiger partial charge in [0.2, 0.25) is 0 Å². The lowest BCUT2D eigenvalue weighted by atomic mass is 10.1. The summed E-state index contributed by atoms with van der Waals surface area (Å²) in [5.74, 6) is 0.555. The fourth-order valence-corrected chi connectivity index (χ4v) is 3.26. The number of aromatic nitrogens is 1. The highest BCUT2D eigenvalue weighted by atomic mass is 35.5. The minimum absolute atomic E-state index is 0. The third-order valence-corrected chi connectivity index (χ3v) is 4.30. The minimum Gasteiger partial charge on any atom is -0.350 e. The van der Waals surface area contributed by atoms with Crippen LogP contribution in [0.1, 0.15) is 47.1 Å². The van der Waals surface area contributed by atoms with Gasteiger partial charge in [-0.3, -0.25) is 4.79 Å². The summed E-state index contributed by atoms with van der Waals surface area (Å²) in [4.78, 5) is 17.5. The first kappa shape index (κ1) is 20.6. The maximum absolute atomic E-state index is 12.2.